The standard InChI is InChI=1S/C13H15NO2.C10H16BrNO2.C10H17NO3/c1-16-13(15)12-7-8-14(10-12)9-11-5-3-2-4-6-11;1-10(2,3)14-9(13)12-5-4-8(6-11)7-12;1-10(2,3)14-9(13)11-5-4-8(6-11)7-12/h2-7H,8-10H2,1H3;4H,5-7H2,1-3H3;4,12H,5-7H2,1-3H3. The predicted molar refractivity (Wildman–Crippen MR) is 174 cm³/mol. The molecule has 2 amide bonds. The highest BCUT2D eigenvalue weighted by Gasteiger charge is 2.26. The van der Waals surface area contributed by atoms with E-state index < -0.39 is 11.2 Å². The third-order valence-corrected chi connectivity index (χ3v) is 7.07. The first-order chi connectivity index (χ1) is 20.6. The summed E-state index contributed by atoms with van der Waals surface area (Å²) in [6, 6.07) is 10.2. The number of aliphatic hydroxyl groups is 1. The van der Waals surface area contributed by atoms with Gasteiger partial charge in [-0.3, -0.25) is 4.90 Å². The summed E-state index contributed by atoms with van der Waals surface area (Å²) in [6.45, 7) is 15.9. The van der Waals surface area contributed by atoms with E-state index in [0.717, 1.165) is 29.6 Å². The van der Waals surface area contributed by atoms with E-state index in [4.69, 9.17) is 19.3 Å². The summed E-state index contributed by atoms with van der Waals surface area (Å²) < 4.78 is 15.1. The number of halogens is 1. The molecule has 0 unspecified atom stereocenters. The summed E-state index contributed by atoms with van der Waals surface area (Å²) in [5, 5.41) is 9.68. The van der Waals surface area contributed by atoms with Crippen molar-refractivity contribution in [1.82, 2.24) is 14.7 Å². The minimum Gasteiger partial charge on any atom is -0.466 e. The maximum atomic E-state index is 11.6. The van der Waals surface area contributed by atoms with Gasteiger partial charge in [0.1, 0.15) is 11.2 Å². The summed E-state index contributed by atoms with van der Waals surface area (Å²) >= 11 is 3.37. The molecule has 0 saturated heterocycles. The van der Waals surface area contributed by atoms with Gasteiger partial charge in [-0.05, 0) is 58.3 Å². The molecule has 0 aromatic heterocycles. The lowest BCUT2D eigenvalue weighted by Crippen LogP contribution is -2.35. The Morgan fingerprint density at radius 2 is 1.32 bits per heavy atom. The molecule has 1 aromatic rings. The van der Waals surface area contributed by atoms with Crippen LogP contribution in [0.15, 0.2) is 65.3 Å². The molecule has 44 heavy (non-hydrogen) atoms. The van der Waals surface area contributed by atoms with E-state index >= 15 is 0 Å². The van der Waals surface area contributed by atoms with E-state index in [1.54, 1.807) is 9.80 Å². The Hall–Kier alpha value is -3.15. The molecule has 0 spiro atoms. The zero-order valence-corrected chi connectivity index (χ0v) is 28.7. The second-order valence-electron chi connectivity index (χ2n) is 12.6. The Kier molecular flexibility index (Phi) is 14.6. The first kappa shape index (κ1) is 37.0. The normalized spacial score (nSPS) is 16.5. The topological polar surface area (TPSA) is 109 Å². The number of carbonyl (C=O) groups excluding carboxylic acids is 3. The van der Waals surface area contributed by atoms with Crippen molar-refractivity contribution in [2.75, 3.05) is 58.3 Å². The van der Waals surface area contributed by atoms with Crippen LogP contribution < -0.4 is 0 Å². The van der Waals surface area contributed by atoms with Crippen molar-refractivity contribution >= 4 is 34.1 Å². The van der Waals surface area contributed by atoms with Crippen molar-refractivity contribution in [3.8, 4) is 0 Å². The number of alkyl halides is 1. The molecule has 3 aliphatic heterocycles. The van der Waals surface area contributed by atoms with Crippen molar-refractivity contribution in [1.29, 1.82) is 0 Å². The number of esters is 1. The van der Waals surface area contributed by atoms with E-state index in [9.17, 15) is 14.4 Å². The largest absolute Gasteiger partial charge is 0.466 e. The molecule has 3 aliphatic rings. The third kappa shape index (κ3) is 13.7. The fraction of sp³-hybridized carbons (Fsp3) is 0.545. The molecule has 0 fully saturated rings. The number of aliphatic hydroxyl groups excluding tert-OH is 1. The smallest absolute Gasteiger partial charge is 0.410 e. The number of hydrogen-bond donors (Lipinski definition) is 1. The zero-order chi connectivity index (χ0) is 32.9. The lowest BCUT2D eigenvalue weighted by molar-refractivity contribution is -0.136. The second-order valence-corrected chi connectivity index (χ2v) is 13.2. The molecule has 244 valence electrons. The molecule has 4 rings (SSSR count). The summed E-state index contributed by atoms with van der Waals surface area (Å²) in [6.07, 6.45) is 5.29. The quantitative estimate of drug-likeness (QED) is 0.193. The first-order valence-corrected chi connectivity index (χ1v) is 15.8. The number of rotatable bonds is 5. The summed E-state index contributed by atoms with van der Waals surface area (Å²) in [5.41, 5.74) is 3.26. The van der Waals surface area contributed by atoms with E-state index in [-0.39, 0.29) is 24.8 Å². The molecule has 0 bridgehead atoms. The second kappa shape index (κ2) is 17.4. The Labute approximate surface area is 270 Å². The highest BCUT2D eigenvalue weighted by atomic mass is 79.9. The van der Waals surface area contributed by atoms with Gasteiger partial charge < -0.3 is 29.1 Å². The van der Waals surface area contributed by atoms with Crippen LogP contribution in [0.1, 0.15) is 47.1 Å². The maximum Gasteiger partial charge on any atom is 0.410 e. The third-order valence-electron chi connectivity index (χ3n) is 6.35. The maximum absolute atomic E-state index is 11.6. The van der Waals surface area contributed by atoms with Crippen LogP contribution >= 0.6 is 15.9 Å². The van der Waals surface area contributed by atoms with Gasteiger partial charge in [0.25, 0.3) is 0 Å². The molecule has 3 heterocycles. The molecular formula is C33H48BrN3O7. The first-order valence-electron chi connectivity index (χ1n) is 14.7. The van der Waals surface area contributed by atoms with Crippen LogP contribution in [0.2, 0.25) is 0 Å². The van der Waals surface area contributed by atoms with Crippen LogP contribution in [-0.4, -0.2) is 107 Å². The number of ether oxygens (including phenoxy) is 3. The molecule has 1 aromatic carbocycles. The van der Waals surface area contributed by atoms with Gasteiger partial charge in [-0.25, -0.2) is 14.4 Å². The highest BCUT2D eigenvalue weighted by molar-refractivity contribution is 9.09. The van der Waals surface area contributed by atoms with Crippen molar-refractivity contribution in [3.63, 3.8) is 0 Å². The zero-order valence-electron chi connectivity index (χ0n) is 27.1. The van der Waals surface area contributed by atoms with Crippen molar-refractivity contribution in [3.05, 3.63) is 70.8 Å². The molecule has 0 radical (unpaired) electrons. The average Bonchev–Trinajstić information content (AvgIpc) is 3.73. The van der Waals surface area contributed by atoms with E-state index in [1.165, 1.54) is 18.2 Å². The summed E-state index contributed by atoms with van der Waals surface area (Å²) in [7, 11) is 1.42. The number of nitrogens with zero attached hydrogens (tertiary/aromatic N) is 3. The fourth-order valence-corrected chi connectivity index (χ4v) is 4.63. The van der Waals surface area contributed by atoms with Gasteiger partial charge in [-0.1, -0.05) is 64.5 Å². The summed E-state index contributed by atoms with van der Waals surface area (Å²) in [5.74, 6) is -0.212. The fourth-order valence-electron chi connectivity index (χ4n) is 4.22. The predicted octanol–water partition coefficient (Wildman–Crippen LogP) is 5.32. The molecule has 0 saturated carbocycles. The molecule has 0 aliphatic carbocycles. The minimum absolute atomic E-state index is 0.0132. The van der Waals surface area contributed by atoms with Crippen molar-refractivity contribution in [2.45, 2.75) is 59.3 Å². The van der Waals surface area contributed by atoms with Crippen LogP contribution in [-0.2, 0) is 25.5 Å². The lowest BCUT2D eigenvalue weighted by Gasteiger charge is -2.24. The van der Waals surface area contributed by atoms with Crippen LogP contribution in [0, 0.1) is 0 Å². The Morgan fingerprint density at radius 1 is 0.795 bits per heavy atom. The lowest BCUT2D eigenvalue weighted by atomic mass is 10.2. The molecule has 0 atom stereocenters. The van der Waals surface area contributed by atoms with Gasteiger partial charge in [0.05, 0.1) is 13.7 Å². The van der Waals surface area contributed by atoms with Gasteiger partial charge in [-0.15, -0.1) is 0 Å². The molecule has 11 heteroatoms. The number of benzene rings is 1. The van der Waals surface area contributed by atoms with E-state index in [1.807, 2.05) is 71.9 Å². The highest BCUT2D eigenvalue weighted by Crippen LogP contribution is 2.17. The Morgan fingerprint density at radius 3 is 1.75 bits per heavy atom. The van der Waals surface area contributed by atoms with Crippen molar-refractivity contribution < 1.29 is 33.7 Å². The molecular weight excluding hydrogens is 630 g/mol. The van der Waals surface area contributed by atoms with Crippen molar-refractivity contribution in [2.24, 2.45) is 0 Å². The SMILES string of the molecule is CC(C)(C)OC(=O)N1CC=C(CBr)C1.CC(C)(C)OC(=O)N1CC=C(CO)C1.COC(=O)C1=CCN(Cc2ccccc2)C1. The number of carbonyl (C=O) groups is 3. The van der Waals surface area contributed by atoms with Gasteiger partial charge in [-0.2, -0.15) is 0 Å². The molecule has 10 nitrogen and oxygen atoms in total. The monoisotopic (exact) mass is 677 g/mol. The van der Waals surface area contributed by atoms with E-state index in [2.05, 4.69) is 39.0 Å². The number of hydrogen-bond acceptors (Lipinski definition) is 8. The van der Waals surface area contributed by atoms with Crippen LogP contribution in [0.25, 0.3) is 0 Å². The van der Waals surface area contributed by atoms with Gasteiger partial charge in [0.2, 0.25) is 0 Å². The summed E-state index contributed by atoms with van der Waals surface area (Å²) in [4.78, 5) is 39.9. The number of amides is 2. The average molecular weight is 679 g/mol. The van der Waals surface area contributed by atoms with Crippen LogP contribution in [0.4, 0.5) is 9.59 Å². The Balaban J connectivity index is 0.000000231. The van der Waals surface area contributed by atoms with Crippen LogP contribution in [0.3, 0.4) is 0 Å². The van der Waals surface area contributed by atoms with Gasteiger partial charge in [0, 0.05) is 56.7 Å². The Bertz CT molecular complexity index is 1150. The minimum atomic E-state index is -0.459. The molecule has 1 N–H and O–H groups in total. The van der Waals surface area contributed by atoms with E-state index in [0.29, 0.717) is 32.7 Å². The van der Waals surface area contributed by atoms with Gasteiger partial charge >= 0.3 is 18.2 Å². The van der Waals surface area contributed by atoms with Crippen LogP contribution in [0.5, 0.6) is 0 Å². The van der Waals surface area contributed by atoms with Gasteiger partial charge in [0.15, 0.2) is 0 Å². The number of methoxy groups -OCH3 is 1.